The van der Waals surface area contributed by atoms with Gasteiger partial charge in [-0.3, -0.25) is 0 Å². The number of aryl methyl sites for hydroxylation is 1. The zero-order valence-corrected chi connectivity index (χ0v) is 16.6. The number of benzene rings is 2. The van der Waals surface area contributed by atoms with Gasteiger partial charge in [-0.2, -0.15) is 0 Å². The lowest BCUT2D eigenvalue weighted by Gasteiger charge is -2.45. The van der Waals surface area contributed by atoms with Gasteiger partial charge in [0.15, 0.2) is 0 Å². The summed E-state index contributed by atoms with van der Waals surface area (Å²) in [5.74, 6) is 0. The van der Waals surface area contributed by atoms with Crippen LogP contribution in [0.2, 0.25) is 0 Å². The fourth-order valence-electron chi connectivity index (χ4n) is 5.00. The van der Waals surface area contributed by atoms with Gasteiger partial charge in [0.05, 0.1) is 27.2 Å². The lowest BCUT2D eigenvalue weighted by molar-refractivity contribution is -0.918. The molecule has 0 saturated carbocycles. The van der Waals surface area contributed by atoms with Crippen LogP contribution in [-0.2, 0) is 12.8 Å². The van der Waals surface area contributed by atoms with E-state index in [-0.39, 0.29) is 0 Å². The minimum Gasteiger partial charge on any atom is -0.362 e. The Kier molecular flexibility index (Phi) is 4.79. The standard InChI is InChI=1S/C24H33N2/c1-19-9-8-12-22(15-19)25(18-24-13-6-7-14-26(24,2)3)23-16-20-10-4-5-11-21(20)17-23/h4-5,8-12,15,23-24H,6-7,13-14,16-18H2,1-3H3/q+1. The highest BCUT2D eigenvalue weighted by Gasteiger charge is 2.36. The molecule has 0 N–H and O–H groups in total. The fourth-order valence-corrected chi connectivity index (χ4v) is 5.00. The quantitative estimate of drug-likeness (QED) is 0.729. The minimum absolute atomic E-state index is 0.594. The molecule has 1 aliphatic carbocycles. The van der Waals surface area contributed by atoms with Gasteiger partial charge in [0.1, 0.15) is 6.04 Å². The summed E-state index contributed by atoms with van der Waals surface area (Å²) in [5, 5.41) is 0. The van der Waals surface area contributed by atoms with E-state index in [9.17, 15) is 0 Å². The zero-order chi connectivity index (χ0) is 18.1. The molecule has 2 aliphatic rings. The SMILES string of the molecule is Cc1cccc(N(CC2CCCC[N+]2(C)C)C2Cc3ccccc3C2)c1. The maximum Gasteiger partial charge on any atom is 0.106 e. The van der Waals surface area contributed by atoms with E-state index in [2.05, 4.69) is 74.4 Å². The molecule has 0 aromatic heterocycles. The highest BCUT2D eigenvalue weighted by atomic mass is 15.4. The second-order valence-corrected chi connectivity index (χ2v) is 8.97. The average molecular weight is 350 g/mol. The second-order valence-electron chi connectivity index (χ2n) is 8.97. The van der Waals surface area contributed by atoms with Crippen LogP contribution >= 0.6 is 0 Å². The van der Waals surface area contributed by atoms with Crippen LogP contribution in [0.1, 0.15) is 36.0 Å². The molecule has 1 fully saturated rings. The van der Waals surface area contributed by atoms with Gasteiger partial charge < -0.3 is 9.38 Å². The summed E-state index contributed by atoms with van der Waals surface area (Å²) in [6.07, 6.45) is 6.49. The maximum absolute atomic E-state index is 2.74. The monoisotopic (exact) mass is 349 g/mol. The first kappa shape index (κ1) is 17.6. The highest BCUT2D eigenvalue weighted by Crippen LogP contribution is 2.32. The van der Waals surface area contributed by atoms with Crippen molar-refractivity contribution in [2.75, 3.05) is 32.1 Å². The Morgan fingerprint density at radius 2 is 1.69 bits per heavy atom. The number of rotatable bonds is 4. The van der Waals surface area contributed by atoms with Crippen LogP contribution in [-0.4, -0.2) is 43.8 Å². The molecule has 0 bridgehead atoms. The third-order valence-corrected chi connectivity index (χ3v) is 6.72. The lowest BCUT2D eigenvalue weighted by atomic mass is 9.98. The lowest BCUT2D eigenvalue weighted by Crippen LogP contribution is -2.57. The van der Waals surface area contributed by atoms with Gasteiger partial charge in [-0.05, 0) is 61.4 Å². The van der Waals surface area contributed by atoms with Gasteiger partial charge in [-0.15, -0.1) is 0 Å². The molecule has 2 nitrogen and oxygen atoms in total. The van der Waals surface area contributed by atoms with Crippen molar-refractivity contribution in [3.05, 3.63) is 65.2 Å². The van der Waals surface area contributed by atoms with E-state index in [0.717, 1.165) is 6.04 Å². The Bertz CT molecular complexity index is 739. The minimum atomic E-state index is 0.594. The molecule has 26 heavy (non-hydrogen) atoms. The smallest absolute Gasteiger partial charge is 0.106 e. The molecular weight excluding hydrogens is 316 g/mol. The first-order chi connectivity index (χ1) is 12.5. The number of quaternary nitrogens is 1. The molecule has 2 aromatic carbocycles. The van der Waals surface area contributed by atoms with E-state index >= 15 is 0 Å². The van der Waals surface area contributed by atoms with Crippen LogP contribution < -0.4 is 4.90 Å². The first-order valence-corrected chi connectivity index (χ1v) is 10.3. The van der Waals surface area contributed by atoms with Crippen LogP contribution in [0.5, 0.6) is 0 Å². The van der Waals surface area contributed by atoms with Gasteiger partial charge in [0, 0.05) is 18.2 Å². The molecular formula is C24H33N2+. The first-order valence-electron chi connectivity index (χ1n) is 10.3. The van der Waals surface area contributed by atoms with Crippen molar-refractivity contribution in [2.45, 2.75) is 51.1 Å². The summed E-state index contributed by atoms with van der Waals surface area (Å²) in [4.78, 5) is 2.74. The molecule has 2 heteroatoms. The average Bonchev–Trinajstić information content (AvgIpc) is 3.04. The van der Waals surface area contributed by atoms with E-state index in [4.69, 9.17) is 0 Å². The van der Waals surface area contributed by atoms with Crippen molar-refractivity contribution in [3.8, 4) is 0 Å². The van der Waals surface area contributed by atoms with Crippen LogP contribution in [0, 0.1) is 6.92 Å². The van der Waals surface area contributed by atoms with E-state index in [0.29, 0.717) is 6.04 Å². The van der Waals surface area contributed by atoms with Crippen molar-refractivity contribution in [1.82, 2.24) is 0 Å². The summed E-state index contributed by atoms with van der Waals surface area (Å²) < 4.78 is 1.17. The Hall–Kier alpha value is -1.80. The number of likely N-dealkylation sites (tertiary alicyclic amines) is 1. The molecule has 138 valence electrons. The maximum atomic E-state index is 2.74. The molecule has 0 radical (unpaired) electrons. The topological polar surface area (TPSA) is 3.24 Å². The molecule has 1 aliphatic heterocycles. The predicted octanol–water partition coefficient (Wildman–Crippen LogP) is 4.60. The van der Waals surface area contributed by atoms with Gasteiger partial charge in [-0.1, -0.05) is 36.4 Å². The third-order valence-electron chi connectivity index (χ3n) is 6.72. The number of piperidine rings is 1. The largest absolute Gasteiger partial charge is 0.362 e. The molecule has 1 heterocycles. The Morgan fingerprint density at radius 3 is 2.35 bits per heavy atom. The van der Waals surface area contributed by atoms with E-state index in [1.54, 1.807) is 11.1 Å². The van der Waals surface area contributed by atoms with Crippen molar-refractivity contribution in [2.24, 2.45) is 0 Å². The van der Waals surface area contributed by atoms with Crippen LogP contribution in [0.4, 0.5) is 5.69 Å². The zero-order valence-electron chi connectivity index (χ0n) is 16.6. The van der Waals surface area contributed by atoms with Crippen LogP contribution in [0.25, 0.3) is 0 Å². The second kappa shape index (κ2) is 7.08. The van der Waals surface area contributed by atoms with E-state index in [1.165, 1.54) is 60.9 Å². The summed E-state index contributed by atoms with van der Waals surface area (Å²) >= 11 is 0. The third kappa shape index (κ3) is 3.53. The molecule has 1 saturated heterocycles. The van der Waals surface area contributed by atoms with E-state index < -0.39 is 0 Å². The van der Waals surface area contributed by atoms with Gasteiger partial charge >= 0.3 is 0 Å². The van der Waals surface area contributed by atoms with Gasteiger partial charge in [-0.25, -0.2) is 0 Å². The number of likely N-dealkylation sites (N-methyl/N-ethyl adjacent to an activating group) is 1. The molecule has 0 amide bonds. The van der Waals surface area contributed by atoms with Crippen molar-refractivity contribution < 1.29 is 4.48 Å². The van der Waals surface area contributed by atoms with Crippen LogP contribution in [0.15, 0.2) is 48.5 Å². The predicted molar refractivity (Wildman–Crippen MR) is 111 cm³/mol. The Balaban J connectivity index is 1.62. The molecule has 2 aromatic rings. The number of hydrogen-bond acceptors (Lipinski definition) is 1. The van der Waals surface area contributed by atoms with Crippen molar-refractivity contribution in [1.29, 1.82) is 0 Å². The number of anilines is 1. The van der Waals surface area contributed by atoms with Gasteiger partial charge in [0.2, 0.25) is 0 Å². The molecule has 1 unspecified atom stereocenters. The number of fused-ring (bicyclic) bond motifs is 1. The molecule has 4 rings (SSSR count). The fraction of sp³-hybridized carbons (Fsp3) is 0.500. The summed E-state index contributed by atoms with van der Waals surface area (Å²) in [5.41, 5.74) is 5.87. The van der Waals surface area contributed by atoms with Crippen molar-refractivity contribution >= 4 is 5.69 Å². The van der Waals surface area contributed by atoms with E-state index in [1.807, 2.05) is 0 Å². The highest BCUT2D eigenvalue weighted by molar-refractivity contribution is 5.51. The molecule has 1 atom stereocenters. The Morgan fingerprint density at radius 1 is 0.962 bits per heavy atom. The Labute approximate surface area is 159 Å². The van der Waals surface area contributed by atoms with Gasteiger partial charge in [0.25, 0.3) is 0 Å². The molecule has 0 spiro atoms. The normalized spacial score (nSPS) is 22.2. The summed E-state index contributed by atoms with van der Waals surface area (Å²) in [6.45, 7) is 4.71. The summed E-state index contributed by atoms with van der Waals surface area (Å²) in [7, 11) is 4.86. The number of hydrogen-bond donors (Lipinski definition) is 0. The number of nitrogens with zero attached hydrogens (tertiary/aromatic N) is 2. The van der Waals surface area contributed by atoms with Crippen LogP contribution in [0.3, 0.4) is 0 Å². The summed E-state index contributed by atoms with van der Waals surface area (Å²) in [6, 6.07) is 19.5. The van der Waals surface area contributed by atoms with Crippen molar-refractivity contribution in [3.63, 3.8) is 0 Å².